The van der Waals surface area contributed by atoms with Gasteiger partial charge >= 0.3 is 0 Å². The van der Waals surface area contributed by atoms with Crippen molar-refractivity contribution >= 4 is 0 Å². The van der Waals surface area contributed by atoms with Crippen LogP contribution in [0.15, 0.2) is 11.6 Å². The maximum Gasteiger partial charge on any atom is 0.0576 e. The molecule has 1 saturated carbocycles. The second-order valence-electron chi connectivity index (χ2n) is 12.0. The summed E-state index contributed by atoms with van der Waals surface area (Å²) in [6, 6.07) is 0. The molecule has 2 saturated heterocycles. The SMILES string of the molecule is CC1=CCC(CC2CCC(CCC3CCC(CCC4CCC(C)CC4)CO3)OC2)CC1. The van der Waals surface area contributed by atoms with Crippen LogP contribution in [0.2, 0.25) is 0 Å². The molecule has 0 aromatic heterocycles. The molecule has 5 unspecified atom stereocenters. The summed E-state index contributed by atoms with van der Waals surface area (Å²) in [6.45, 7) is 6.75. The third-order valence-electron chi connectivity index (χ3n) is 9.27. The smallest absolute Gasteiger partial charge is 0.0576 e. The summed E-state index contributed by atoms with van der Waals surface area (Å²) < 4.78 is 12.6. The molecule has 0 N–H and O–H groups in total. The van der Waals surface area contributed by atoms with Gasteiger partial charge in [0, 0.05) is 13.2 Å². The Kier molecular flexibility index (Phi) is 9.38. The highest BCUT2D eigenvalue weighted by molar-refractivity contribution is 5.03. The summed E-state index contributed by atoms with van der Waals surface area (Å²) in [7, 11) is 0. The molecule has 0 bridgehead atoms. The van der Waals surface area contributed by atoms with Gasteiger partial charge in [0.2, 0.25) is 0 Å². The first kappa shape index (κ1) is 23.8. The average molecular weight is 431 g/mol. The molecule has 0 radical (unpaired) electrons. The van der Waals surface area contributed by atoms with Crippen molar-refractivity contribution in [1.29, 1.82) is 0 Å². The van der Waals surface area contributed by atoms with Gasteiger partial charge in [-0.1, -0.05) is 50.7 Å². The molecule has 2 heterocycles. The van der Waals surface area contributed by atoms with Crippen LogP contribution in [0.1, 0.15) is 117 Å². The highest BCUT2D eigenvalue weighted by Crippen LogP contribution is 2.35. The van der Waals surface area contributed by atoms with Gasteiger partial charge in [-0.2, -0.15) is 0 Å². The Morgan fingerprint density at radius 3 is 1.87 bits per heavy atom. The summed E-state index contributed by atoms with van der Waals surface area (Å²) in [5.74, 6) is 4.56. The van der Waals surface area contributed by atoms with Crippen LogP contribution in [0.3, 0.4) is 0 Å². The second-order valence-corrected chi connectivity index (χ2v) is 12.0. The first-order valence-corrected chi connectivity index (χ1v) is 14.0. The molecule has 3 fully saturated rings. The molecule has 2 heteroatoms. The van der Waals surface area contributed by atoms with Gasteiger partial charge in [-0.05, 0) is 107 Å². The molecule has 2 aliphatic carbocycles. The van der Waals surface area contributed by atoms with Crippen LogP contribution in [-0.4, -0.2) is 25.4 Å². The first-order chi connectivity index (χ1) is 15.1. The molecule has 178 valence electrons. The summed E-state index contributed by atoms with van der Waals surface area (Å²) in [6.07, 6.45) is 25.5. The zero-order valence-electron chi connectivity index (χ0n) is 20.7. The fraction of sp³-hybridized carbons (Fsp3) is 0.931. The third kappa shape index (κ3) is 7.88. The third-order valence-corrected chi connectivity index (χ3v) is 9.27. The lowest BCUT2D eigenvalue weighted by Crippen LogP contribution is -2.30. The molecule has 4 rings (SSSR count). The minimum Gasteiger partial charge on any atom is -0.378 e. The van der Waals surface area contributed by atoms with Crippen LogP contribution < -0.4 is 0 Å². The Labute approximate surface area is 192 Å². The van der Waals surface area contributed by atoms with E-state index in [0.717, 1.165) is 42.8 Å². The Morgan fingerprint density at radius 2 is 1.29 bits per heavy atom. The minimum absolute atomic E-state index is 0.500. The molecule has 5 atom stereocenters. The van der Waals surface area contributed by atoms with Crippen molar-refractivity contribution in [2.24, 2.45) is 29.6 Å². The first-order valence-electron chi connectivity index (χ1n) is 14.0. The van der Waals surface area contributed by atoms with Crippen LogP contribution in [0, 0.1) is 29.6 Å². The van der Waals surface area contributed by atoms with Crippen LogP contribution in [-0.2, 0) is 9.47 Å². The van der Waals surface area contributed by atoms with Gasteiger partial charge in [0.25, 0.3) is 0 Å². The summed E-state index contributed by atoms with van der Waals surface area (Å²) >= 11 is 0. The standard InChI is InChI=1S/C29H50O2/c1-22-3-7-24(8-4-22)11-12-26-13-15-28(30-20-26)17-18-29-16-14-27(21-31-29)19-25-9-5-23(2)6-10-25/h5,22,24-29H,3-4,6-21H2,1-2H3. The number of allylic oxidation sites excluding steroid dienone is 2. The van der Waals surface area contributed by atoms with E-state index in [9.17, 15) is 0 Å². The average Bonchev–Trinajstić information content (AvgIpc) is 2.80. The van der Waals surface area contributed by atoms with Gasteiger partial charge in [0.05, 0.1) is 12.2 Å². The van der Waals surface area contributed by atoms with E-state index in [0.29, 0.717) is 12.2 Å². The topological polar surface area (TPSA) is 18.5 Å². The lowest BCUT2D eigenvalue weighted by molar-refractivity contribution is -0.0532. The molecule has 2 nitrogen and oxygen atoms in total. The molecule has 0 spiro atoms. The quantitative estimate of drug-likeness (QED) is 0.362. The number of hydrogen-bond donors (Lipinski definition) is 0. The molecule has 0 aromatic rings. The predicted octanol–water partition coefficient (Wildman–Crippen LogP) is 8.10. The monoisotopic (exact) mass is 430 g/mol. The second kappa shape index (κ2) is 12.2. The van der Waals surface area contributed by atoms with Crippen molar-refractivity contribution in [3.8, 4) is 0 Å². The van der Waals surface area contributed by atoms with Crippen LogP contribution >= 0.6 is 0 Å². The van der Waals surface area contributed by atoms with Crippen molar-refractivity contribution in [2.45, 2.75) is 129 Å². The van der Waals surface area contributed by atoms with Crippen molar-refractivity contribution in [1.82, 2.24) is 0 Å². The van der Waals surface area contributed by atoms with Gasteiger partial charge in [0.1, 0.15) is 0 Å². The number of hydrogen-bond acceptors (Lipinski definition) is 2. The lowest BCUT2D eigenvalue weighted by Gasteiger charge is -2.34. The Bertz CT molecular complexity index is 531. The van der Waals surface area contributed by atoms with Crippen LogP contribution in [0.25, 0.3) is 0 Å². The van der Waals surface area contributed by atoms with Crippen molar-refractivity contribution in [3.63, 3.8) is 0 Å². The normalized spacial score (nSPS) is 39.8. The molecular weight excluding hydrogens is 380 g/mol. The van der Waals surface area contributed by atoms with Crippen molar-refractivity contribution in [3.05, 3.63) is 11.6 Å². The zero-order chi connectivity index (χ0) is 21.5. The largest absolute Gasteiger partial charge is 0.378 e. The Hall–Kier alpha value is -0.340. The zero-order valence-corrected chi connectivity index (χ0v) is 20.7. The van der Waals surface area contributed by atoms with Crippen LogP contribution in [0.4, 0.5) is 0 Å². The van der Waals surface area contributed by atoms with E-state index >= 15 is 0 Å². The van der Waals surface area contributed by atoms with Gasteiger partial charge in [-0.25, -0.2) is 0 Å². The number of ether oxygens (including phenoxy) is 2. The van der Waals surface area contributed by atoms with E-state index in [2.05, 4.69) is 19.9 Å². The van der Waals surface area contributed by atoms with E-state index in [1.54, 1.807) is 5.57 Å². The molecule has 2 aliphatic heterocycles. The summed E-state index contributed by atoms with van der Waals surface area (Å²) in [5, 5.41) is 0. The summed E-state index contributed by atoms with van der Waals surface area (Å²) in [4.78, 5) is 0. The van der Waals surface area contributed by atoms with Gasteiger partial charge in [-0.15, -0.1) is 0 Å². The van der Waals surface area contributed by atoms with E-state index in [4.69, 9.17) is 9.47 Å². The van der Waals surface area contributed by atoms with E-state index in [1.165, 1.54) is 103 Å². The van der Waals surface area contributed by atoms with E-state index in [-0.39, 0.29) is 0 Å². The molecular formula is C29H50O2. The Morgan fingerprint density at radius 1 is 0.677 bits per heavy atom. The highest BCUT2D eigenvalue weighted by atomic mass is 16.5. The van der Waals surface area contributed by atoms with E-state index in [1.807, 2.05) is 0 Å². The highest BCUT2D eigenvalue weighted by Gasteiger charge is 2.28. The van der Waals surface area contributed by atoms with Crippen molar-refractivity contribution < 1.29 is 9.47 Å². The predicted molar refractivity (Wildman–Crippen MR) is 130 cm³/mol. The summed E-state index contributed by atoms with van der Waals surface area (Å²) in [5.41, 5.74) is 1.60. The van der Waals surface area contributed by atoms with Gasteiger partial charge in [-0.3, -0.25) is 0 Å². The molecule has 0 aromatic carbocycles. The minimum atomic E-state index is 0.500. The lowest BCUT2D eigenvalue weighted by atomic mass is 9.79. The maximum atomic E-state index is 6.31. The fourth-order valence-electron chi connectivity index (χ4n) is 6.76. The molecule has 31 heavy (non-hydrogen) atoms. The maximum absolute atomic E-state index is 6.31. The number of rotatable bonds is 8. The van der Waals surface area contributed by atoms with Crippen LogP contribution in [0.5, 0.6) is 0 Å². The van der Waals surface area contributed by atoms with Gasteiger partial charge in [0.15, 0.2) is 0 Å². The van der Waals surface area contributed by atoms with Crippen molar-refractivity contribution in [2.75, 3.05) is 13.2 Å². The Balaban J connectivity index is 1.04. The molecule has 4 aliphatic rings. The van der Waals surface area contributed by atoms with Gasteiger partial charge < -0.3 is 9.47 Å². The molecule has 0 amide bonds. The van der Waals surface area contributed by atoms with E-state index < -0.39 is 0 Å². The fourth-order valence-corrected chi connectivity index (χ4v) is 6.76.